The van der Waals surface area contributed by atoms with Gasteiger partial charge in [0.15, 0.2) is 0 Å². The highest BCUT2D eigenvalue weighted by Gasteiger charge is 2.12. The molecule has 0 saturated carbocycles. The monoisotopic (exact) mass is 233 g/mol. The number of carbonyl (C=O) groups is 1. The lowest BCUT2D eigenvalue weighted by Gasteiger charge is -2.23. The molecule has 1 fully saturated rings. The third-order valence-electron chi connectivity index (χ3n) is 2.32. The van der Waals surface area contributed by atoms with E-state index in [0.29, 0.717) is 5.33 Å². The van der Waals surface area contributed by atoms with Crippen LogP contribution in [0.25, 0.3) is 0 Å². The second-order valence-electron chi connectivity index (χ2n) is 3.28. The Balaban J connectivity index is 2.34. The molecule has 1 aliphatic heterocycles. The van der Waals surface area contributed by atoms with Crippen molar-refractivity contribution in [2.45, 2.75) is 32.1 Å². The van der Waals surface area contributed by atoms with Crippen molar-refractivity contribution >= 4 is 21.8 Å². The summed E-state index contributed by atoms with van der Waals surface area (Å²) in [6, 6.07) is 0. The molecule has 0 atom stereocenters. The molecule has 1 saturated heterocycles. The molecule has 0 aromatic heterocycles. The Bertz CT molecular complexity index is 141. The van der Waals surface area contributed by atoms with E-state index in [9.17, 15) is 4.79 Å². The molecule has 0 spiro atoms. The summed E-state index contributed by atoms with van der Waals surface area (Å²) in [6.07, 6.45) is 6.27. The molecule has 0 aromatic carbocycles. The fraction of sp³-hybridized carbons (Fsp3) is 0.889. The highest BCUT2D eigenvalue weighted by Crippen LogP contribution is 2.10. The maximum atomic E-state index is 11.3. The molecule has 0 aromatic rings. The highest BCUT2D eigenvalue weighted by atomic mass is 79.9. The molecule has 2 nitrogen and oxygen atoms in total. The fourth-order valence-electron chi connectivity index (χ4n) is 1.58. The third-order valence-corrected chi connectivity index (χ3v) is 2.80. The molecular weight excluding hydrogens is 218 g/mol. The summed E-state index contributed by atoms with van der Waals surface area (Å²) in [7, 11) is 0. The molecule has 0 aliphatic carbocycles. The van der Waals surface area contributed by atoms with Crippen LogP contribution in [-0.2, 0) is 4.79 Å². The number of hydrogen-bond acceptors (Lipinski definition) is 1. The maximum absolute atomic E-state index is 11.3. The fourth-order valence-corrected chi connectivity index (χ4v) is 1.94. The van der Waals surface area contributed by atoms with E-state index in [2.05, 4.69) is 15.9 Å². The standard InChI is InChI=1S/C9H16BrNO/c10-8-9(12)11-6-4-2-1-3-5-7-11/h1-8H2. The number of hydrogen-bond donors (Lipinski definition) is 0. The van der Waals surface area contributed by atoms with Crippen molar-refractivity contribution < 1.29 is 4.79 Å². The number of nitrogens with zero attached hydrogens (tertiary/aromatic N) is 1. The van der Waals surface area contributed by atoms with Crippen LogP contribution in [0.4, 0.5) is 0 Å². The van der Waals surface area contributed by atoms with Crippen LogP contribution in [0.3, 0.4) is 0 Å². The number of amides is 1. The summed E-state index contributed by atoms with van der Waals surface area (Å²) in [5.41, 5.74) is 0. The highest BCUT2D eigenvalue weighted by molar-refractivity contribution is 9.09. The zero-order valence-corrected chi connectivity index (χ0v) is 8.98. The molecular formula is C9H16BrNO. The van der Waals surface area contributed by atoms with Gasteiger partial charge in [-0.15, -0.1) is 0 Å². The molecule has 1 rings (SSSR count). The summed E-state index contributed by atoms with van der Waals surface area (Å²) in [6.45, 7) is 1.93. The van der Waals surface area contributed by atoms with Gasteiger partial charge in [0.05, 0.1) is 5.33 Å². The molecule has 1 heterocycles. The number of halogens is 1. The summed E-state index contributed by atoms with van der Waals surface area (Å²) < 4.78 is 0. The predicted molar refractivity (Wildman–Crippen MR) is 53.5 cm³/mol. The van der Waals surface area contributed by atoms with Crippen molar-refractivity contribution in [3.8, 4) is 0 Å². The second-order valence-corrected chi connectivity index (χ2v) is 3.84. The van der Waals surface area contributed by atoms with Crippen molar-refractivity contribution in [3.63, 3.8) is 0 Å². The third kappa shape index (κ3) is 3.13. The zero-order valence-electron chi connectivity index (χ0n) is 7.39. The Hall–Kier alpha value is -0.0500. The van der Waals surface area contributed by atoms with Crippen LogP contribution in [0.2, 0.25) is 0 Å². The Labute approximate surface area is 82.4 Å². The molecule has 3 heteroatoms. The van der Waals surface area contributed by atoms with E-state index in [1.54, 1.807) is 0 Å². The number of likely N-dealkylation sites (tertiary alicyclic amines) is 1. The first kappa shape index (κ1) is 10.0. The summed E-state index contributed by atoms with van der Waals surface area (Å²) in [4.78, 5) is 13.3. The Morgan fingerprint density at radius 3 is 2.08 bits per heavy atom. The quantitative estimate of drug-likeness (QED) is 0.637. The van der Waals surface area contributed by atoms with Crippen LogP contribution in [0.1, 0.15) is 32.1 Å². The van der Waals surface area contributed by atoms with Crippen molar-refractivity contribution in [1.29, 1.82) is 0 Å². The summed E-state index contributed by atoms with van der Waals surface area (Å²) >= 11 is 3.20. The minimum absolute atomic E-state index is 0.247. The van der Waals surface area contributed by atoms with Crippen LogP contribution in [0.15, 0.2) is 0 Å². The first-order chi connectivity index (χ1) is 5.84. The van der Waals surface area contributed by atoms with Crippen LogP contribution in [0, 0.1) is 0 Å². The van der Waals surface area contributed by atoms with Gasteiger partial charge < -0.3 is 4.90 Å². The van der Waals surface area contributed by atoms with Crippen molar-refractivity contribution in [2.75, 3.05) is 18.4 Å². The lowest BCUT2D eigenvalue weighted by molar-refractivity contribution is -0.128. The van der Waals surface area contributed by atoms with Crippen LogP contribution in [-0.4, -0.2) is 29.2 Å². The van der Waals surface area contributed by atoms with Gasteiger partial charge >= 0.3 is 0 Å². The van der Waals surface area contributed by atoms with E-state index >= 15 is 0 Å². The zero-order chi connectivity index (χ0) is 8.81. The van der Waals surface area contributed by atoms with Crippen LogP contribution >= 0.6 is 15.9 Å². The molecule has 0 unspecified atom stereocenters. The van der Waals surface area contributed by atoms with E-state index in [1.807, 2.05) is 4.90 Å². The second kappa shape index (κ2) is 5.57. The molecule has 0 bridgehead atoms. The minimum atomic E-state index is 0.247. The van der Waals surface area contributed by atoms with E-state index in [4.69, 9.17) is 0 Å². The Morgan fingerprint density at radius 2 is 1.58 bits per heavy atom. The number of carbonyl (C=O) groups excluding carboxylic acids is 1. The average molecular weight is 234 g/mol. The largest absolute Gasteiger partial charge is 0.342 e. The van der Waals surface area contributed by atoms with E-state index in [1.165, 1.54) is 32.1 Å². The Morgan fingerprint density at radius 1 is 1.08 bits per heavy atom. The lowest BCUT2D eigenvalue weighted by atomic mass is 10.1. The minimum Gasteiger partial charge on any atom is -0.342 e. The van der Waals surface area contributed by atoms with Crippen molar-refractivity contribution in [2.24, 2.45) is 0 Å². The molecule has 0 radical (unpaired) electrons. The Kier molecular flexibility index (Phi) is 4.66. The summed E-state index contributed by atoms with van der Waals surface area (Å²) in [5.74, 6) is 0.247. The number of alkyl halides is 1. The smallest absolute Gasteiger partial charge is 0.233 e. The topological polar surface area (TPSA) is 20.3 Å². The van der Waals surface area contributed by atoms with E-state index in [0.717, 1.165) is 13.1 Å². The van der Waals surface area contributed by atoms with Crippen molar-refractivity contribution in [3.05, 3.63) is 0 Å². The first-order valence-corrected chi connectivity index (χ1v) is 5.80. The van der Waals surface area contributed by atoms with Gasteiger partial charge in [0.2, 0.25) is 5.91 Å². The van der Waals surface area contributed by atoms with Gasteiger partial charge in [0, 0.05) is 13.1 Å². The first-order valence-electron chi connectivity index (χ1n) is 4.68. The number of rotatable bonds is 1. The van der Waals surface area contributed by atoms with Crippen LogP contribution < -0.4 is 0 Å². The van der Waals surface area contributed by atoms with Gasteiger partial charge in [-0.3, -0.25) is 4.79 Å². The van der Waals surface area contributed by atoms with Gasteiger partial charge in [0.25, 0.3) is 0 Å². The maximum Gasteiger partial charge on any atom is 0.233 e. The molecule has 12 heavy (non-hydrogen) atoms. The SMILES string of the molecule is O=C(CBr)N1CCCCCCC1. The molecule has 0 N–H and O–H groups in total. The lowest BCUT2D eigenvalue weighted by Crippen LogP contribution is -2.34. The van der Waals surface area contributed by atoms with Crippen LogP contribution in [0.5, 0.6) is 0 Å². The average Bonchev–Trinajstić information content (AvgIpc) is 2.02. The van der Waals surface area contributed by atoms with E-state index < -0.39 is 0 Å². The van der Waals surface area contributed by atoms with Gasteiger partial charge in [-0.05, 0) is 12.8 Å². The summed E-state index contributed by atoms with van der Waals surface area (Å²) in [5, 5.41) is 0.479. The predicted octanol–water partition coefficient (Wildman–Crippen LogP) is 2.17. The molecule has 70 valence electrons. The van der Waals surface area contributed by atoms with Gasteiger partial charge in [0.1, 0.15) is 0 Å². The normalized spacial score (nSPS) is 19.9. The van der Waals surface area contributed by atoms with Crippen molar-refractivity contribution in [1.82, 2.24) is 4.90 Å². The molecule has 1 aliphatic rings. The van der Waals surface area contributed by atoms with Gasteiger partial charge in [-0.1, -0.05) is 35.2 Å². The van der Waals surface area contributed by atoms with E-state index in [-0.39, 0.29) is 5.91 Å². The van der Waals surface area contributed by atoms with Gasteiger partial charge in [-0.2, -0.15) is 0 Å². The molecule has 1 amide bonds. The van der Waals surface area contributed by atoms with Gasteiger partial charge in [-0.25, -0.2) is 0 Å².